The van der Waals surface area contributed by atoms with E-state index < -0.39 is 52.2 Å². The van der Waals surface area contributed by atoms with Gasteiger partial charge in [-0.15, -0.1) is 0 Å². The van der Waals surface area contributed by atoms with Crippen LogP contribution in [0.1, 0.15) is 26.2 Å². The maximum Gasteiger partial charge on any atom is 0.338 e. The molecule has 1 heterocycles. The highest BCUT2D eigenvalue weighted by molar-refractivity contribution is 7.86. The summed E-state index contributed by atoms with van der Waals surface area (Å²) in [4.78, 5) is 11.6. The minimum absolute atomic E-state index is 0.124. The van der Waals surface area contributed by atoms with Crippen molar-refractivity contribution in [2.75, 3.05) is 6.61 Å². The number of unbranched alkanes of at least 4 members (excludes halogenated alkanes) is 1. The maximum absolute atomic E-state index is 11.6. The number of carbonyl (C=O) groups is 1. The quantitative estimate of drug-likeness (QED) is 0.261. The molecule has 0 aliphatic carbocycles. The average Bonchev–Trinajstić information content (AvgIpc) is 2.44. The smallest absolute Gasteiger partial charge is 0.338 e. The SMILES string of the molecule is CCCCC(=O)O[C@@H]1[C@@H](O)[C@@H](O)[C@@H](CO)O[C@]1(O)S(=O)(=O)O. The van der Waals surface area contributed by atoms with Gasteiger partial charge in [-0.1, -0.05) is 13.3 Å². The van der Waals surface area contributed by atoms with E-state index in [9.17, 15) is 28.5 Å². The van der Waals surface area contributed by atoms with Crippen molar-refractivity contribution in [1.29, 1.82) is 0 Å². The molecular formula is C11H20O10S. The van der Waals surface area contributed by atoms with Crippen molar-refractivity contribution in [3.05, 3.63) is 0 Å². The van der Waals surface area contributed by atoms with Crippen molar-refractivity contribution < 1.29 is 47.7 Å². The lowest BCUT2D eigenvalue weighted by Crippen LogP contribution is -2.68. The van der Waals surface area contributed by atoms with Gasteiger partial charge in [-0.05, 0) is 6.42 Å². The average molecular weight is 344 g/mol. The van der Waals surface area contributed by atoms with Gasteiger partial charge in [0.25, 0.3) is 0 Å². The summed E-state index contributed by atoms with van der Waals surface area (Å²) >= 11 is 0. The second kappa shape index (κ2) is 7.17. The Bertz CT molecular complexity index is 491. The van der Waals surface area contributed by atoms with Crippen molar-refractivity contribution in [2.45, 2.75) is 55.7 Å². The van der Waals surface area contributed by atoms with Gasteiger partial charge in [0.1, 0.15) is 18.3 Å². The van der Waals surface area contributed by atoms with Crippen molar-refractivity contribution in [3.8, 4) is 0 Å². The molecule has 1 fully saturated rings. The van der Waals surface area contributed by atoms with E-state index in [1.54, 1.807) is 6.92 Å². The summed E-state index contributed by atoms with van der Waals surface area (Å²) in [5, 5.41) is 35.0. The van der Waals surface area contributed by atoms with Crippen LogP contribution in [0.5, 0.6) is 0 Å². The predicted molar refractivity (Wildman–Crippen MR) is 69.9 cm³/mol. The second-order valence-electron chi connectivity index (χ2n) is 4.94. The van der Waals surface area contributed by atoms with E-state index in [1.165, 1.54) is 0 Å². The normalized spacial score (nSPS) is 36.1. The number of ether oxygens (including phenoxy) is 2. The molecule has 130 valence electrons. The van der Waals surface area contributed by atoms with E-state index >= 15 is 0 Å². The van der Waals surface area contributed by atoms with Crippen LogP contribution in [0.2, 0.25) is 0 Å². The molecule has 10 nitrogen and oxygen atoms in total. The minimum atomic E-state index is -5.37. The molecule has 0 aromatic carbocycles. The first-order chi connectivity index (χ1) is 10.1. The molecule has 0 radical (unpaired) electrons. The van der Waals surface area contributed by atoms with Crippen molar-refractivity contribution in [2.24, 2.45) is 0 Å². The van der Waals surface area contributed by atoms with E-state index in [1.807, 2.05) is 0 Å². The Morgan fingerprint density at radius 1 is 1.32 bits per heavy atom. The summed E-state index contributed by atoms with van der Waals surface area (Å²) < 4.78 is 41.0. The first-order valence-electron chi connectivity index (χ1n) is 6.62. The Kier molecular flexibility index (Phi) is 6.27. The molecule has 1 saturated heterocycles. The molecule has 11 heteroatoms. The number of esters is 1. The molecule has 0 bridgehead atoms. The molecule has 5 atom stereocenters. The van der Waals surface area contributed by atoms with E-state index in [-0.39, 0.29) is 6.42 Å². The zero-order chi connectivity index (χ0) is 17.1. The van der Waals surface area contributed by atoms with Gasteiger partial charge < -0.3 is 29.9 Å². The zero-order valence-corrected chi connectivity index (χ0v) is 12.6. The summed E-state index contributed by atoms with van der Waals surface area (Å²) in [5.41, 5.74) is 0. The molecule has 1 aliphatic heterocycles. The van der Waals surface area contributed by atoms with Gasteiger partial charge in [-0.25, -0.2) is 0 Å². The van der Waals surface area contributed by atoms with Crippen molar-refractivity contribution in [3.63, 3.8) is 0 Å². The first kappa shape index (κ1) is 19.2. The Hall–Kier alpha value is -0.820. The lowest BCUT2D eigenvalue weighted by atomic mass is 9.99. The standard InChI is InChI=1S/C11H20O10S/c1-2-3-4-7(13)20-10-9(15)8(14)6(5-12)21-11(10,16)22(17,18)19/h6,8-10,12,14-16H,2-5H2,1H3,(H,17,18,19)/t6-,8+,9+,10-,11+/m1/s1. The topological polar surface area (TPSA) is 171 Å². The number of hydrogen-bond donors (Lipinski definition) is 5. The Balaban J connectivity index is 3.09. The number of rotatable bonds is 6. The molecule has 0 spiro atoms. The molecular weight excluding hydrogens is 324 g/mol. The molecule has 0 aromatic heterocycles. The molecule has 0 unspecified atom stereocenters. The van der Waals surface area contributed by atoms with Crippen LogP contribution in [0.15, 0.2) is 0 Å². The first-order valence-corrected chi connectivity index (χ1v) is 8.06. The molecule has 1 aliphatic rings. The molecule has 0 saturated carbocycles. The summed E-state index contributed by atoms with van der Waals surface area (Å²) in [6, 6.07) is 0. The van der Waals surface area contributed by atoms with Gasteiger partial charge in [0.05, 0.1) is 6.61 Å². The second-order valence-corrected chi connectivity index (χ2v) is 6.47. The molecule has 0 amide bonds. The third-order valence-corrected chi connectivity index (χ3v) is 4.33. The third kappa shape index (κ3) is 3.74. The van der Waals surface area contributed by atoms with Crippen LogP contribution in [0, 0.1) is 0 Å². The molecule has 1 rings (SSSR count). The fraction of sp³-hybridized carbons (Fsp3) is 0.909. The van der Waals surface area contributed by atoms with E-state index in [0.29, 0.717) is 12.8 Å². The van der Waals surface area contributed by atoms with Crippen LogP contribution in [0.3, 0.4) is 0 Å². The van der Waals surface area contributed by atoms with Gasteiger partial charge in [0, 0.05) is 6.42 Å². The molecule has 0 aromatic rings. The van der Waals surface area contributed by atoms with Crippen LogP contribution in [0.25, 0.3) is 0 Å². The summed E-state index contributed by atoms with van der Waals surface area (Å²) in [7, 11) is -5.37. The van der Waals surface area contributed by atoms with Crippen LogP contribution < -0.4 is 0 Å². The molecule has 22 heavy (non-hydrogen) atoms. The highest BCUT2D eigenvalue weighted by atomic mass is 32.2. The Morgan fingerprint density at radius 3 is 2.36 bits per heavy atom. The van der Waals surface area contributed by atoms with E-state index in [4.69, 9.17) is 9.66 Å². The van der Waals surface area contributed by atoms with Gasteiger partial charge in [-0.2, -0.15) is 8.42 Å². The lowest BCUT2D eigenvalue weighted by Gasteiger charge is -2.44. The van der Waals surface area contributed by atoms with Crippen LogP contribution in [-0.2, 0) is 24.4 Å². The largest absolute Gasteiger partial charge is 0.452 e. The monoisotopic (exact) mass is 344 g/mol. The van der Waals surface area contributed by atoms with Crippen molar-refractivity contribution in [1.82, 2.24) is 0 Å². The van der Waals surface area contributed by atoms with Gasteiger partial charge in [0.15, 0.2) is 0 Å². The van der Waals surface area contributed by atoms with Crippen molar-refractivity contribution >= 4 is 16.1 Å². The summed E-state index contributed by atoms with van der Waals surface area (Å²) in [6.07, 6.45) is -6.98. The molecule has 5 N–H and O–H groups in total. The number of carbonyl (C=O) groups excluding carboxylic acids is 1. The van der Waals surface area contributed by atoms with Crippen LogP contribution in [-0.4, -0.2) is 75.5 Å². The Morgan fingerprint density at radius 2 is 1.91 bits per heavy atom. The number of aliphatic hydroxyl groups is 4. The predicted octanol–water partition coefficient (Wildman–Crippen LogP) is -2.26. The zero-order valence-electron chi connectivity index (χ0n) is 11.8. The highest BCUT2D eigenvalue weighted by Crippen LogP contribution is 2.34. The van der Waals surface area contributed by atoms with Crippen LogP contribution in [0.4, 0.5) is 0 Å². The maximum atomic E-state index is 11.6. The number of aliphatic hydroxyl groups excluding tert-OH is 3. The fourth-order valence-electron chi connectivity index (χ4n) is 1.99. The number of hydrogen-bond acceptors (Lipinski definition) is 9. The third-order valence-electron chi connectivity index (χ3n) is 3.26. The van der Waals surface area contributed by atoms with E-state index in [2.05, 4.69) is 9.47 Å². The fourth-order valence-corrected chi connectivity index (χ4v) is 2.71. The van der Waals surface area contributed by atoms with Gasteiger partial charge >= 0.3 is 21.2 Å². The summed E-state index contributed by atoms with van der Waals surface area (Å²) in [5.74, 6) is -0.953. The van der Waals surface area contributed by atoms with Gasteiger partial charge in [-0.3, -0.25) is 9.35 Å². The lowest BCUT2D eigenvalue weighted by molar-refractivity contribution is -0.314. The van der Waals surface area contributed by atoms with Crippen LogP contribution >= 0.6 is 0 Å². The highest BCUT2D eigenvalue weighted by Gasteiger charge is 2.62. The summed E-state index contributed by atoms with van der Waals surface area (Å²) in [6.45, 7) is 0.836. The minimum Gasteiger partial charge on any atom is -0.452 e. The Labute approximate surface area is 127 Å². The van der Waals surface area contributed by atoms with E-state index in [0.717, 1.165) is 0 Å². The van der Waals surface area contributed by atoms with Gasteiger partial charge in [0.2, 0.25) is 6.10 Å².